The van der Waals surface area contributed by atoms with Crippen LogP contribution in [-0.2, 0) is 10.0 Å². The number of halogens is 2. The maximum absolute atomic E-state index is 12.1. The molecule has 0 fully saturated rings. The minimum Gasteiger partial charge on any atom is -0.350 e. The van der Waals surface area contributed by atoms with Gasteiger partial charge in [0.25, 0.3) is 5.91 Å². The van der Waals surface area contributed by atoms with Crippen molar-refractivity contribution in [3.63, 3.8) is 0 Å². The predicted octanol–water partition coefficient (Wildman–Crippen LogP) is 1.86. The molecule has 0 unspecified atom stereocenters. The third-order valence-corrected chi connectivity index (χ3v) is 5.75. The molecule has 0 saturated carbocycles. The van der Waals surface area contributed by atoms with Gasteiger partial charge in [0.05, 0.1) is 10.7 Å². The number of carbonyl (C=O) groups excluding carboxylic acids is 1. The first-order valence-corrected chi connectivity index (χ1v) is 9.34. The average Bonchev–Trinajstić information content (AvgIpc) is 2.92. The maximum atomic E-state index is 12.1. The number of hydrogen-bond acceptors (Lipinski definition) is 6. The molecule has 0 bridgehead atoms. The molecule has 2 aromatic rings. The standard InChI is InChI=1S/C12H12Cl2N4O3S2/c1-7-11(22-18-17-7)12(19)15-4-5-16-23(20,21)10-6-8(13)2-3-9(10)14/h2-3,6,16H,4-5H2,1H3,(H,15,19). The molecule has 23 heavy (non-hydrogen) atoms. The Bertz CT molecular complexity index is 823. The van der Waals surface area contributed by atoms with Gasteiger partial charge >= 0.3 is 0 Å². The van der Waals surface area contributed by atoms with E-state index in [-0.39, 0.29) is 33.9 Å². The van der Waals surface area contributed by atoms with Crippen molar-refractivity contribution < 1.29 is 13.2 Å². The van der Waals surface area contributed by atoms with Crippen molar-refractivity contribution in [3.8, 4) is 0 Å². The van der Waals surface area contributed by atoms with Crippen LogP contribution in [-0.4, -0.2) is 37.0 Å². The molecular formula is C12H12Cl2N4O3S2. The molecule has 0 atom stereocenters. The van der Waals surface area contributed by atoms with Crippen molar-refractivity contribution in [1.82, 2.24) is 19.6 Å². The van der Waals surface area contributed by atoms with Gasteiger partial charge in [0, 0.05) is 18.1 Å². The van der Waals surface area contributed by atoms with Crippen molar-refractivity contribution in [2.45, 2.75) is 11.8 Å². The first-order valence-electron chi connectivity index (χ1n) is 6.33. The van der Waals surface area contributed by atoms with E-state index >= 15 is 0 Å². The topological polar surface area (TPSA) is 101 Å². The Morgan fingerprint density at radius 1 is 1.30 bits per heavy atom. The number of benzene rings is 1. The highest BCUT2D eigenvalue weighted by Crippen LogP contribution is 2.24. The summed E-state index contributed by atoms with van der Waals surface area (Å²) >= 11 is 12.6. The van der Waals surface area contributed by atoms with E-state index in [1.165, 1.54) is 18.2 Å². The Morgan fingerprint density at radius 2 is 2.04 bits per heavy atom. The number of sulfonamides is 1. The molecule has 1 amide bonds. The van der Waals surface area contributed by atoms with Gasteiger partial charge in [-0.3, -0.25) is 4.79 Å². The lowest BCUT2D eigenvalue weighted by Gasteiger charge is -2.09. The minimum absolute atomic E-state index is 0.00218. The zero-order valence-electron chi connectivity index (χ0n) is 11.8. The van der Waals surface area contributed by atoms with Crippen LogP contribution in [0, 0.1) is 6.92 Å². The highest BCUT2D eigenvalue weighted by atomic mass is 35.5. The lowest BCUT2D eigenvalue weighted by molar-refractivity contribution is 0.0957. The first-order chi connectivity index (χ1) is 10.8. The number of rotatable bonds is 6. The van der Waals surface area contributed by atoms with Gasteiger partial charge in [-0.2, -0.15) is 0 Å². The Labute approximate surface area is 147 Å². The fourth-order valence-electron chi connectivity index (χ4n) is 1.64. The second-order valence-electron chi connectivity index (χ2n) is 4.42. The smallest absolute Gasteiger partial charge is 0.264 e. The summed E-state index contributed by atoms with van der Waals surface area (Å²) in [5.41, 5.74) is 0.527. The van der Waals surface area contributed by atoms with Crippen LogP contribution in [0.3, 0.4) is 0 Å². The Hall–Kier alpha value is -1.26. The molecule has 0 spiro atoms. The Balaban J connectivity index is 1.92. The van der Waals surface area contributed by atoms with Crippen LogP contribution in [0.5, 0.6) is 0 Å². The van der Waals surface area contributed by atoms with Gasteiger partial charge in [-0.15, -0.1) is 5.10 Å². The molecule has 124 valence electrons. The van der Waals surface area contributed by atoms with Crippen LogP contribution in [0.25, 0.3) is 0 Å². The lowest BCUT2D eigenvalue weighted by Crippen LogP contribution is -2.34. The SMILES string of the molecule is Cc1nnsc1C(=O)NCCNS(=O)(=O)c1cc(Cl)ccc1Cl. The molecule has 2 N–H and O–H groups in total. The summed E-state index contributed by atoms with van der Waals surface area (Å²) in [6, 6.07) is 4.16. The van der Waals surface area contributed by atoms with Crippen LogP contribution >= 0.6 is 34.7 Å². The Kier molecular flexibility index (Phi) is 5.93. The molecule has 11 heteroatoms. The monoisotopic (exact) mass is 394 g/mol. The largest absolute Gasteiger partial charge is 0.350 e. The Morgan fingerprint density at radius 3 is 2.70 bits per heavy atom. The first kappa shape index (κ1) is 18.1. The molecule has 0 aliphatic heterocycles. The van der Waals surface area contributed by atoms with E-state index in [0.29, 0.717) is 10.6 Å². The fraction of sp³-hybridized carbons (Fsp3) is 0.250. The maximum Gasteiger partial charge on any atom is 0.264 e. The van der Waals surface area contributed by atoms with Crippen LogP contribution in [0.1, 0.15) is 15.4 Å². The molecule has 2 rings (SSSR count). The minimum atomic E-state index is -3.81. The molecule has 1 heterocycles. The van der Waals surface area contributed by atoms with Crippen molar-refractivity contribution in [2.24, 2.45) is 0 Å². The second kappa shape index (κ2) is 7.54. The molecule has 0 aliphatic rings. The van der Waals surface area contributed by atoms with Crippen molar-refractivity contribution in [3.05, 3.63) is 38.8 Å². The molecular weight excluding hydrogens is 383 g/mol. The van der Waals surface area contributed by atoms with E-state index in [4.69, 9.17) is 23.2 Å². The summed E-state index contributed by atoms with van der Waals surface area (Å²) in [5, 5.41) is 6.64. The number of nitrogens with one attached hydrogen (secondary N) is 2. The van der Waals surface area contributed by atoms with Crippen molar-refractivity contribution in [2.75, 3.05) is 13.1 Å². The highest BCUT2D eigenvalue weighted by Gasteiger charge is 2.18. The summed E-state index contributed by atoms with van der Waals surface area (Å²) in [6.45, 7) is 1.78. The van der Waals surface area contributed by atoms with Gasteiger partial charge in [0.2, 0.25) is 10.0 Å². The van der Waals surface area contributed by atoms with Crippen LogP contribution < -0.4 is 10.0 Å². The zero-order chi connectivity index (χ0) is 17.0. The molecule has 1 aromatic heterocycles. The number of aromatic nitrogens is 2. The lowest BCUT2D eigenvalue weighted by atomic mass is 10.4. The molecule has 0 aliphatic carbocycles. The van der Waals surface area contributed by atoms with E-state index in [9.17, 15) is 13.2 Å². The van der Waals surface area contributed by atoms with E-state index < -0.39 is 10.0 Å². The normalized spacial score (nSPS) is 11.4. The summed E-state index contributed by atoms with van der Waals surface area (Å²) < 4.78 is 30.3. The predicted molar refractivity (Wildman–Crippen MR) is 88.6 cm³/mol. The zero-order valence-corrected chi connectivity index (χ0v) is 15.0. The van der Waals surface area contributed by atoms with Crippen molar-refractivity contribution in [1.29, 1.82) is 0 Å². The van der Waals surface area contributed by atoms with Gasteiger partial charge in [-0.25, -0.2) is 13.1 Å². The van der Waals surface area contributed by atoms with Gasteiger partial charge in [0.1, 0.15) is 9.77 Å². The second-order valence-corrected chi connectivity index (χ2v) is 7.75. The molecule has 7 nitrogen and oxygen atoms in total. The van der Waals surface area contributed by atoms with Gasteiger partial charge < -0.3 is 5.32 Å². The van der Waals surface area contributed by atoms with E-state index in [1.54, 1.807) is 6.92 Å². The highest BCUT2D eigenvalue weighted by molar-refractivity contribution is 7.89. The quantitative estimate of drug-likeness (QED) is 0.728. The number of amides is 1. The summed E-state index contributed by atoms with van der Waals surface area (Å²) in [5.74, 6) is -0.350. The summed E-state index contributed by atoms with van der Waals surface area (Å²) in [7, 11) is -3.81. The van der Waals surface area contributed by atoms with Crippen LogP contribution in [0.15, 0.2) is 23.1 Å². The third kappa shape index (κ3) is 4.61. The number of hydrogen-bond donors (Lipinski definition) is 2. The third-order valence-electron chi connectivity index (χ3n) is 2.74. The van der Waals surface area contributed by atoms with E-state index in [2.05, 4.69) is 19.6 Å². The van der Waals surface area contributed by atoms with E-state index in [1.807, 2.05) is 0 Å². The van der Waals surface area contributed by atoms with Crippen LogP contribution in [0.4, 0.5) is 0 Å². The van der Waals surface area contributed by atoms with Gasteiger partial charge in [-0.1, -0.05) is 27.7 Å². The van der Waals surface area contributed by atoms with Crippen LogP contribution in [0.2, 0.25) is 10.0 Å². The summed E-state index contributed by atoms with van der Waals surface area (Å²) in [4.78, 5) is 12.1. The summed E-state index contributed by atoms with van der Waals surface area (Å²) in [6.07, 6.45) is 0. The number of carbonyl (C=O) groups is 1. The molecule has 0 radical (unpaired) electrons. The number of nitrogens with zero attached hydrogens (tertiary/aromatic N) is 2. The number of aryl methyl sites for hydroxylation is 1. The van der Waals surface area contributed by atoms with Crippen molar-refractivity contribution >= 4 is 50.7 Å². The molecule has 1 aromatic carbocycles. The van der Waals surface area contributed by atoms with Gasteiger partial charge in [-0.05, 0) is 36.7 Å². The van der Waals surface area contributed by atoms with E-state index in [0.717, 1.165) is 11.5 Å². The van der Waals surface area contributed by atoms with Gasteiger partial charge in [0.15, 0.2) is 0 Å². The molecule has 0 saturated heterocycles. The fourth-order valence-corrected chi connectivity index (χ4v) is 4.01. The average molecular weight is 395 g/mol.